The molecule has 140 valence electrons. The van der Waals surface area contributed by atoms with Gasteiger partial charge < -0.3 is 10.1 Å². The molecule has 0 aliphatic heterocycles. The van der Waals surface area contributed by atoms with Gasteiger partial charge in [-0.3, -0.25) is 0 Å². The van der Waals surface area contributed by atoms with Crippen molar-refractivity contribution in [1.29, 1.82) is 0 Å². The summed E-state index contributed by atoms with van der Waals surface area (Å²) in [6.07, 6.45) is 0. The normalized spacial score (nSPS) is 10.6. The molecule has 1 N–H and O–H groups in total. The summed E-state index contributed by atoms with van der Waals surface area (Å²) in [5.41, 5.74) is 4.16. The molecule has 0 unspecified atom stereocenters. The number of ether oxygens (including phenoxy) is 1. The first-order chi connectivity index (χ1) is 13.7. The van der Waals surface area contributed by atoms with Crippen molar-refractivity contribution in [1.82, 2.24) is 4.98 Å². The molecule has 4 rings (SSSR count). The Morgan fingerprint density at radius 3 is 2.14 bits per heavy atom. The van der Waals surface area contributed by atoms with Crippen molar-refractivity contribution in [3.63, 3.8) is 0 Å². The van der Waals surface area contributed by atoms with Gasteiger partial charge in [-0.15, -0.1) is 11.3 Å². The fourth-order valence-corrected chi connectivity index (χ4v) is 3.86. The summed E-state index contributed by atoms with van der Waals surface area (Å²) < 4.78 is 7.99. The first kappa shape index (κ1) is 19.2. The highest BCUT2D eigenvalue weighted by Crippen LogP contribution is 2.29. The predicted octanol–water partition coefficient (Wildman–Crippen LogP) is 7.66. The number of anilines is 2. The number of hydrogen-bond acceptors (Lipinski definition) is 4. The third-order valence-electron chi connectivity index (χ3n) is 4.07. The zero-order chi connectivity index (χ0) is 19.3. The van der Waals surface area contributed by atoms with E-state index in [0.717, 1.165) is 42.3 Å². The lowest BCUT2D eigenvalue weighted by molar-refractivity contribution is 0.306. The second-order valence-electron chi connectivity index (χ2n) is 6.11. The fourth-order valence-electron chi connectivity index (χ4n) is 2.59. The molecule has 0 atom stereocenters. The maximum atomic E-state index is 5.87. The van der Waals surface area contributed by atoms with Crippen molar-refractivity contribution >= 4 is 54.0 Å². The lowest BCUT2D eigenvalue weighted by Gasteiger charge is -2.07. The van der Waals surface area contributed by atoms with Crippen LogP contribution in [0.3, 0.4) is 0 Å². The quantitative estimate of drug-likeness (QED) is 0.286. The van der Waals surface area contributed by atoms with Crippen LogP contribution in [0.15, 0.2) is 87.1 Å². The van der Waals surface area contributed by atoms with Crippen molar-refractivity contribution in [2.24, 2.45) is 0 Å². The fraction of sp³-hybridized carbons (Fsp3) is 0.0455. The number of nitrogens with zero attached hydrogens (tertiary/aromatic N) is 1. The largest absolute Gasteiger partial charge is 0.489 e. The van der Waals surface area contributed by atoms with Gasteiger partial charge in [-0.05, 0) is 66.2 Å². The van der Waals surface area contributed by atoms with Gasteiger partial charge in [0.05, 0.1) is 5.69 Å². The Labute approximate surface area is 184 Å². The van der Waals surface area contributed by atoms with Gasteiger partial charge in [-0.1, -0.05) is 44.0 Å². The Bertz CT molecular complexity index is 1050. The standard InChI is InChI=1S/C22H16Br2N2OS/c23-17-5-1-15(2-6-17)13-27-20-11-3-16(4-12-20)21-14-28-22(26-21)25-19-9-7-18(24)8-10-19/h1-12,14H,13H2,(H,25,26). The molecule has 0 saturated heterocycles. The number of benzene rings is 3. The van der Waals surface area contributed by atoms with Gasteiger partial charge in [0.2, 0.25) is 0 Å². The molecule has 0 aliphatic carbocycles. The van der Waals surface area contributed by atoms with Gasteiger partial charge in [-0.2, -0.15) is 0 Å². The Morgan fingerprint density at radius 1 is 0.821 bits per heavy atom. The second kappa shape index (κ2) is 8.90. The number of nitrogens with one attached hydrogen (secondary N) is 1. The highest BCUT2D eigenvalue weighted by atomic mass is 79.9. The molecule has 0 fully saturated rings. The summed E-state index contributed by atoms with van der Waals surface area (Å²) in [6.45, 7) is 0.546. The molecule has 0 saturated carbocycles. The van der Waals surface area contributed by atoms with Gasteiger partial charge in [0, 0.05) is 25.6 Å². The van der Waals surface area contributed by atoms with Crippen molar-refractivity contribution < 1.29 is 4.74 Å². The van der Waals surface area contributed by atoms with E-state index < -0.39 is 0 Å². The summed E-state index contributed by atoms with van der Waals surface area (Å²) in [7, 11) is 0. The van der Waals surface area contributed by atoms with Gasteiger partial charge in [0.1, 0.15) is 12.4 Å². The Hall–Kier alpha value is -2.15. The average Bonchev–Trinajstić information content (AvgIpc) is 3.18. The molecule has 3 nitrogen and oxygen atoms in total. The molecule has 0 spiro atoms. The Kier molecular flexibility index (Phi) is 6.10. The minimum absolute atomic E-state index is 0.546. The minimum atomic E-state index is 0.546. The van der Waals surface area contributed by atoms with Crippen LogP contribution in [0.1, 0.15) is 5.56 Å². The lowest BCUT2D eigenvalue weighted by Crippen LogP contribution is -1.95. The molecule has 4 aromatic rings. The maximum Gasteiger partial charge on any atom is 0.187 e. The number of hydrogen-bond donors (Lipinski definition) is 1. The van der Waals surface area contributed by atoms with E-state index in [0.29, 0.717) is 6.61 Å². The molecule has 0 aliphatic rings. The molecular formula is C22H16Br2N2OS. The molecule has 28 heavy (non-hydrogen) atoms. The van der Waals surface area contributed by atoms with Gasteiger partial charge in [0.25, 0.3) is 0 Å². The third kappa shape index (κ3) is 5.01. The first-order valence-corrected chi connectivity index (χ1v) is 11.1. The van der Waals surface area contributed by atoms with Crippen LogP contribution in [0, 0.1) is 0 Å². The number of aromatic nitrogens is 1. The van der Waals surface area contributed by atoms with Crippen molar-refractivity contribution in [3.05, 3.63) is 92.7 Å². The lowest BCUT2D eigenvalue weighted by atomic mass is 10.2. The summed E-state index contributed by atoms with van der Waals surface area (Å²) in [4.78, 5) is 4.68. The van der Waals surface area contributed by atoms with Crippen LogP contribution in [0.2, 0.25) is 0 Å². The van der Waals surface area contributed by atoms with E-state index in [1.54, 1.807) is 11.3 Å². The smallest absolute Gasteiger partial charge is 0.187 e. The monoisotopic (exact) mass is 514 g/mol. The highest BCUT2D eigenvalue weighted by molar-refractivity contribution is 9.10. The molecular weight excluding hydrogens is 500 g/mol. The van der Waals surface area contributed by atoms with Crippen LogP contribution in [-0.2, 0) is 6.61 Å². The second-order valence-corrected chi connectivity index (χ2v) is 8.80. The van der Waals surface area contributed by atoms with E-state index in [2.05, 4.69) is 47.5 Å². The van der Waals surface area contributed by atoms with E-state index in [1.807, 2.05) is 72.8 Å². The summed E-state index contributed by atoms with van der Waals surface area (Å²) in [6, 6.07) is 24.2. The van der Waals surface area contributed by atoms with E-state index in [1.165, 1.54) is 0 Å². The zero-order valence-corrected chi connectivity index (χ0v) is 18.7. The SMILES string of the molecule is Brc1ccc(COc2ccc(-c3csc(Nc4ccc(Br)cc4)n3)cc2)cc1. The highest BCUT2D eigenvalue weighted by Gasteiger charge is 2.06. The number of thiazole rings is 1. The molecule has 6 heteroatoms. The van der Waals surface area contributed by atoms with Gasteiger partial charge in [0.15, 0.2) is 5.13 Å². The van der Waals surface area contributed by atoms with Crippen LogP contribution in [0.4, 0.5) is 10.8 Å². The van der Waals surface area contributed by atoms with Crippen LogP contribution < -0.4 is 10.1 Å². The zero-order valence-electron chi connectivity index (χ0n) is 14.7. The molecule has 1 heterocycles. The number of halogens is 2. The number of rotatable bonds is 6. The van der Waals surface area contributed by atoms with Crippen LogP contribution in [-0.4, -0.2) is 4.98 Å². The Balaban J connectivity index is 1.39. The summed E-state index contributed by atoms with van der Waals surface area (Å²) in [5.74, 6) is 0.843. The van der Waals surface area contributed by atoms with Crippen molar-refractivity contribution in [2.45, 2.75) is 6.61 Å². The Morgan fingerprint density at radius 2 is 1.46 bits per heavy atom. The molecule has 1 aromatic heterocycles. The van der Waals surface area contributed by atoms with Gasteiger partial charge >= 0.3 is 0 Å². The first-order valence-electron chi connectivity index (χ1n) is 8.61. The van der Waals surface area contributed by atoms with Crippen molar-refractivity contribution in [2.75, 3.05) is 5.32 Å². The summed E-state index contributed by atoms with van der Waals surface area (Å²) >= 11 is 8.48. The topological polar surface area (TPSA) is 34.1 Å². The van der Waals surface area contributed by atoms with Crippen LogP contribution >= 0.6 is 43.2 Å². The molecule has 0 radical (unpaired) electrons. The molecule has 0 amide bonds. The van der Waals surface area contributed by atoms with E-state index in [-0.39, 0.29) is 0 Å². The molecule has 3 aromatic carbocycles. The average molecular weight is 516 g/mol. The maximum absolute atomic E-state index is 5.87. The van der Waals surface area contributed by atoms with E-state index in [4.69, 9.17) is 4.74 Å². The minimum Gasteiger partial charge on any atom is -0.489 e. The van der Waals surface area contributed by atoms with E-state index >= 15 is 0 Å². The van der Waals surface area contributed by atoms with Crippen LogP contribution in [0.5, 0.6) is 5.75 Å². The van der Waals surface area contributed by atoms with Crippen molar-refractivity contribution in [3.8, 4) is 17.0 Å². The van der Waals surface area contributed by atoms with Crippen LogP contribution in [0.25, 0.3) is 11.3 Å². The molecule has 0 bridgehead atoms. The van der Waals surface area contributed by atoms with Gasteiger partial charge in [-0.25, -0.2) is 4.98 Å². The third-order valence-corrected chi connectivity index (χ3v) is 5.88. The predicted molar refractivity (Wildman–Crippen MR) is 123 cm³/mol. The summed E-state index contributed by atoms with van der Waals surface area (Å²) in [5, 5.41) is 6.26. The van der Waals surface area contributed by atoms with E-state index in [9.17, 15) is 0 Å².